The molecule has 1 aromatic carbocycles. The second-order valence-corrected chi connectivity index (χ2v) is 5.55. The molecule has 0 radical (unpaired) electrons. The van der Waals surface area contributed by atoms with Gasteiger partial charge in [0.2, 0.25) is 5.95 Å². The van der Waals surface area contributed by atoms with E-state index in [4.69, 9.17) is 16.3 Å². The first-order chi connectivity index (χ1) is 10.1. The average molecular weight is 308 g/mol. The van der Waals surface area contributed by atoms with Crippen molar-refractivity contribution >= 4 is 17.5 Å². The third-order valence-electron chi connectivity index (χ3n) is 3.41. The molecule has 1 aromatic heterocycles. The van der Waals surface area contributed by atoms with Crippen LogP contribution in [0.3, 0.4) is 0 Å². The number of hydrogen-bond acceptors (Lipinski definition) is 3. The summed E-state index contributed by atoms with van der Waals surface area (Å²) in [5.74, 6) is 0.885. The Kier molecular flexibility index (Phi) is 5.65. The molecule has 2 rings (SSSR count). The van der Waals surface area contributed by atoms with Gasteiger partial charge in [-0.25, -0.2) is 4.98 Å². The molecule has 0 aliphatic heterocycles. The Morgan fingerprint density at radius 1 is 1.43 bits per heavy atom. The predicted octanol–water partition coefficient (Wildman–Crippen LogP) is 3.90. The highest BCUT2D eigenvalue weighted by Crippen LogP contribution is 2.24. The van der Waals surface area contributed by atoms with Gasteiger partial charge in [-0.15, -0.1) is 0 Å². The van der Waals surface area contributed by atoms with E-state index in [1.54, 1.807) is 7.11 Å². The minimum Gasteiger partial charge on any atom is -0.385 e. The Hall–Kier alpha value is -1.52. The number of aryl methyl sites for hydroxylation is 1. The smallest absolute Gasteiger partial charge is 0.203 e. The van der Waals surface area contributed by atoms with E-state index < -0.39 is 0 Å². The van der Waals surface area contributed by atoms with Crippen LogP contribution in [0.4, 0.5) is 5.95 Å². The number of rotatable bonds is 7. The fraction of sp³-hybridized carbons (Fsp3) is 0.438. The summed E-state index contributed by atoms with van der Waals surface area (Å²) in [6, 6.07) is 8.12. The standard InChI is InChI=1S/C16H22ClN3O/c1-12-11-20(16(19-12)18-8-5-9-21-3)13(2)14-6-4-7-15(17)10-14/h4,6-7,10-11,13H,5,8-9H2,1-3H3,(H,18,19). The lowest BCUT2D eigenvalue weighted by Crippen LogP contribution is -2.13. The van der Waals surface area contributed by atoms with Crippen molar-refractivity contribution in [2.75, 3.05) is 25.6 Å². The number of ether oxygens (including phenoxy) is 1. The van der Waals surface area contributed by atoms with Crippen LogP contribution in [0.2, 0.25) is 5.02 Å². The Balaban J connectivity index is 2.14. The van der Waals surface area contributed by atoms with Gasteiger partial charge in [0.15, 0.2) is 0 Å². The number of nitrogens with one attached hydrogen (secondary N) is 1. The van der Waals surface area contributed by atoms with Gasteiger partial charge in [0.05, 0.1) is 11.7 Å². The van der Waals surface area contributed by atoms with Crippen LogP contribution in [0.25, 0.3) is 0 Å². The quantitative estimate of drug-likeness (QED) is 0.788. The number of benzene rings is 1. The van der Waals surface area contributed by atoms with E-state index in [1.807, 2.05) is 25.1 Å². The van der Waals surface area contributed by atoms with Crippen molar-refractivity contribution in [3.05, 3.63) is 46.7 Å². The van der Waals surface area contributed by atoms with E-state index in [9.17, 15) is 0 Å². The van der Waals surface area contributed by atoms with Gasteiger partial charge >= 0.3 is 0 Å². The van der Waals surface area contributed by atoms with Gasteiger partial charge in [-0.1, -0.05) is 23.7 Å². The van der Waals surface area contributed by atoms with Crippen molar-refractivity contribution in [2.24, 2.45) is 0 Å². The second-order valence-electron chi connectivity index (χ2n) is 5.12. The van der Waals surface area contributed by atoms with Gasteiger partial charge in [0.25, 0.3) is 0 Å². The summed E-state index contributed by atoms with van der Waals surface area (Å²) in [4.78, 5) is 4.56. The molecular weight excluding hydrogens is 286 g/mol. The molecule has 0 amide bonds. The summed E-state index contributed by atoms with van der Waals surface area (Å²) >= 11 is 6.09. The monoisotopic (exact) mass is 307 g/mol. The Labute approximate surface area is 131 Å². The topological polar surface area (TPSA) is 39.1 Å². The maximum absolute atomic E-state index is 6.09. The minimum atomic E-state index is 0.176. The third kappa shape index (κ3) is 4.22. The predicted molar refractivity (Wildman–Crippen MR) is 87.2 cm³/mol. The molecule has 4 nitrogen and oxygen atoms in total. The summed E-state index contributed by atoms with van der Waals surface area (Å²) in [5.41, 5.74) is 2.16. The summed E-state index contributed by atoms with van der Waals surface area (Å²) in [7, 11) is 1.71. The van der Waals surface area contributed by atoms with Gasteiger partial charge in [0, 0.05) is 31.5 Å². The average Bonchev–Trinajstić information content (AvgIpc) is 2.84. The lowest BCUT2D eigenvalue weighted by molar-refractivity contribution is 0.197. The molecule has 0 fully saturated rings. The van der Waals surface area contributed by atoms with E-state index in [0.29, 0.717) is 0 Å². The zero-order chi connectivity index (χ0) is 15.2. The molecule has 1 atom stereocenters. The molecule has 1 N–H and O–H groups in total. The highest BCUT2D eigenvalue weighted by molar-refractivity contribution is 6.30. The Bertz CT molecular complexity index is 583. The van der Waals surface area contributed by atoms with Crippen LogP contribution in [0, 0.1) is 6.92 Å². The third-order valence-corrected chi connectivity index (χ3v) is 3.64. The van der Waals surface area contributed by atoms with Crippen LogP contribution in [0.5, 0.6) is 0 Å². The lowest BCUT2D eigenvalue weighted by atomic mass is 10.1. The largest absolute Gasteiger partial charge is 0.385 e. The summed E-state index contributed by atoms with van der Waals surface area (Å²) in [6.45, 7) is 5.73. The minimum absolute atomic E-state index is 0.176. The number of methoxy groups -OCH3 is 1. The number of anilines is 1. The van der Waals surface area contributed by atoms with Gasteiger partial charge in [-0.3, -0.25) is 0 Å². The molecule has 0 aliphatic carbocycles. The molecule has 0 aliphatic rings. The molecule has 5 heteroatoms. The molecule has 21 heavy (non-hydrogen) atoms. The number of hydrogen-bond donors (Lipinski definition) is 1. The number of nitrogens with zero attached hydrogens (tertiary/aromatic N) is 2. The highest BCUT2D eigenvalue weighted by atomic mass is 35.5. The van der Waals surface area contributed by atoms with Gasteiger partial charge in [-0.2, -0.15) is 0 Å². The van der Waals surface area contributed by atoms with Crippen LogP contribution >= 0.6 is 11.6 Å². The summed E-state index contributed by atoms with van der Waals surface area (Å²) < 4.78 is 7.21. The van der Waals surface area contributed by atoms with Crippen molar-refractivity contribution in [3.63, 3.8) is 0 Å². The maximum atomic E-state index is 6.09. The van der Waals surface area contributed by atoms with Crippen molar-refractivity contribution in [1.29, 1.82) is 0 Å². The first kappa shape index (κ1) is 15.9. The van der Waals surface area contributed by atoms with Crippen LogP contribution < -0.4 is 5.32 Å². The van der Waals surface area contributed by atoms with Crippen LogP contribution in [0.1, 0.15) is 30.6 Å². The molecule has 1 heterocycles. The number of halogens is 1. The number of aromatic nitrogens is 2. The van der Waals surface area contributed by atoms with Crippen LogP contribution in [0.15, 0.2) is 30.5 Å². The van der Waals surface area contributed by atoms with Gasteiger partial charge < -0.3 is 14.6 Å². The van der Waals surface area contributed by atoms with Crippen LogP contribution in [-0.4, -0.2) is 29.8 Å². The molecule has 2 aromatic rings. The molecule has 0 saturated heterocycles. The van der Waals surface area contributed by atoms with E-state index in [0.717, 1.165) is 36.2 Å². The second kappa shape index (κ2) is 7.48. The summed E-state index contributed by atoms with van der Waals surface area (Å²) in [5, 5.41) is 4.13. The van der Waals surface area contributed by atoms with Crippen molar-refractivity contribution in [2.45, 2.75) is 26.3 Å². The maximum Gasteiger partial charge on any atom is 0.203 e. The lowest BCUT2D eigenvalue weighted by Gasteiger charge is -2.17. The fourth-order valence-electron chi connectivity index (χ4n) is 2.29. The molecular formula is C16H22ClN3O. The SMILES string of the molecule is COCCCNc1nc(C)cn1C(C)c1cccc(Cl)c1. The molecule has 1 unspecified atom stereocenters. The molecule has 0 bridgehead atoms. The van der Waals surface area contributed by atoms with E-state index in [1.165, 1.54) is 5.56 Å². The molecule has 114 valence electrons. The van der Waals surface area contributed by atoms with Crippen molar-refractivity contribution in [3.8, 4) is 0 Å². The normalized spacial score (nSPS) is 12.4. The van der Waals surface area contributed by atoms with E-state index >= 15 is 0 Å². The van der Waals surface area contributed by atoms with Crippen molar-refractivity contribution in [1.82, 2.24) is 9.55 Å². The zero-order valence-electron chi connectivity index (χ0n) is 12.8. The van der Waals surface area contributed by atoms with Gasteiger partial charge in [-0.05, 0) is 38.0 Å². The fourth-order valence-corrected chi connectivity index (χ4v) is 2.48. The molecule has 0 spiro atoms. The van der Waals surface area contributed by atoms with E-state index in [2.05, 4.69) is 34.1 Å². The Morgan fingerprint density at radius 3 is 2.95 bits per heavy atom. The number of imidazole rings is 1. The van der Waals surface area contributed by atoms with Gasteiger partial charge in [0.1, 0.15) is 0 Å². The first-order valence-electron chi connectivity index (χ1n) is 7.15. The highest BCUT2D eigenvalue weighted by Gasteiger charge is 2.13. The first-order valence-corrected chi connectivity index (χ1v) is 7.53. The Morgan fingerprint density at radius 2 is 2.24 bits per heavy atom. The van der Waals surface area contributed by atoms with E-state index in [-0.39, 0.29) is 6.04 Å². The zero-order valence-corrected chi connectivity index (χ0v) is 13.5. The summed E-state index contributed by atoms with van der Waals surface area (Å²) in [6.07, 6.45) is 3.01. The van der Waals surface area contributed by atoms with Crippen LogP contribution in [-0.2, 0) is 4.74 Å². The molecule has 0 saturated carbocycles. The van der Waals surface area contributed by atoms with Crippen molar-refractivity contribution < 1.29 is 4.74 Å².